The first-order valence-corrected chi connectivity index (χ1v) is 8.17. The third kappa shape index (κ3) is 6.39. The predicted octanol–water partition coefficient (Wildman–Crippen LogP) is 2.50. The lowest BCUT2D eigenvalue weighted by Gasteiger charge is -2.05. The maximum Gasteiger partial charge on any atom is 0.259 e. The van der Waals surface area contributed by atoms with Crippen LogP contribution >= 0.6 is 0 Å². The van der Waals surface area contributed by atoms with Gasteiger partial charge in [0.25, 0.3) is 5.91 Å². The van der Waals surface area contributed by atoms with E-state index in [0.717, 1.165) is 5.56 Å². The van der Waals surface area contributed by atoms with Crippen LogP contribution in [0.2, 0.25) is 0 Å². The summed E-state index contributed by atoms with van der Waals surface area (Å²) in [6.07, 6.45) is 2.92. The van der Waals surface area contributed by atoms with Crippen molar-refractivity contribution >= 4 is 23.6 Å². The average Bonchev–Trinajstić information content (AvgIpc) is 2.69. The molecule has 0 aromatic heterocycles. The van der Waals surface area contributed by atoms with Crippen LogP contribution in [-0.4, -0.2) is 31.2 Å². The number of benzene rings is 2. The maximum atomic E-state index is 12.9. The molecule has 2 aromatic rings. The van der Waals surface area contributed by atoms with E-state index in [1.165, 1.54) is 18.2 Å². The Balaban J connectivity index is 1.82. The molecule has 2 N–H and O–H groups in total. The second-order valence-electron chi connectivity index (χ2n) is 5.53. The summed E-state index contributed by atoms with van der Waals surface area (Å²) in [5, 5.41) is 6.39. The van der Waals surface area contributed by atoms with Crippen LogP contribution in [0.1, 0.15) is 18.1 Å². The molecule has 2 rings (SSSR count). The van der Waals surface area contributed by atoms with Crippen LogP contribution in [0.5, 0.6) is 5.75 Å². The zero-order valence-corrected chi connectivity index (χ0v) is 15.0. The van der Waals surface area contributed by atoms with Gasteiger partial charge >= 0.3 is 0 Å². The quantitative estimate of drug-likeness (QED) is 0.447. The lowest BCUT2D eigenvalue weighted by Crippen LogP contribution is -2.34. The summed E-state index contributed by atoms with van der Waals surface area (Å²) >= 11 is 0. The van der Waals surface area contributed by atoms with Crippen molar-refractivity contribution in [3.05, 3.63) is 71.6 Å². The van der Waals surface area contributed by atoms with Gasteiger partial charge in [-0.3, -0.25) is 9.59 Å². The van der Waals surface area contributed by atoms with Crippen molar-refractivity contribution in [3.63, 3.8) is 0 Å². The summed E-state index contributed by atoms with van der Waals surface area (Å²) in [5.41, 5.74) is 4.29. The first-order valence-electron chi connectivity index (χ1n) is 8.17. The topological polar surface area (TPSA) is 79.8 Å². The molecule has 6 nitrogen and oxygen atoms in total. The zero-order valence-electron chi connectivity index (χ0n) is 15.0. The van der Waals surface area contributed by atoms with Crippen LogP contribution in [0.4, 0.5) is 4.39 Å². The van der Waals surface area contributed by atoms with Crippen LogP contribution in [-0.2, 0) is 9.59 Å². The van der Waals surface area contributed by atoms with Crippen molar-refractivity contribution < 1.29 is 18.7 Å². The molecule has 0 unspecified atom stereocenters. The number of halogens is 1. The van der Waals surface area contributed by atoms with Gasteiger partial charge in [0, 0.05) is 11.6 Å². The second kappa shape index (κ2) is 9.86. The normalized spacial score (nSPS) is 11.3. The fourth-order valence-corrected chi connectivity index (χ4v) is 2.14. The molecule has 0 atom stereocenters. The number of para-hydroxylation sites is 1. The Morgan fingerprint density at radius 1 is 1.15 bits per heavy atom. The van der Waals surface area contributed by atoms with Gasteiger partial charge in [-0.2, -0.15) is 5.10 Å². The van der Waals surface area contributed by atoms with E-state index >= 15 is 0 Å². The molecule has 0 radical (unpaired) electrons. The summed E-state index contributed by atoms with van der Waals surface area (Å²) in [7, 11) is 1.55. The van der Waals surface area contributed by atoms with Crippen molar-refractivity contribution in [2.75, 3.05) is 13.7 Å². The predicted molar refractivity (Wildman–Crippen MR) is 102 cm³/mol. The fourth-order valence-electron chi connectivity index (χ4n) is 2.14. The van der Waals surface area contributed by atoms with Crippen LogP contribution in [0, 0.1) is 5.82 Å². The van der Waals surface area contributed by atoms with Gasteiger partial charge in [-0.15, -0.1) is 0 Å². The minimum absolute atomic E-state index is 0.227. The van der Waals surface area contributed by atoms with Crippen molar-refractivity contribution in [2.24, 2.45) is 5.10 Å². The zero-order chi connectivity index (χ0) is 19.6. The standard InChI is InChI=1S/C20H20FN3O3/c1-14(15-7-10-17(21)11-8-15)23-24-20(26)13-22-19(25)12-9-16-5-3-4-6-18(16)27-2/h3-12H,13H2,1-2H3,(H,22,25)(H,24,26)/b12-9+,23-14-. The van der Waals surface area contributed by atoms with Gasteiger partial charge in [-0.05, 0) is 36.8 Å². The van der Waals surface area contributed by atoms with Crippen molar-refractivity contribution in [3.8, 4) is 5.75 Å². The number of hydrogen-bond acceptors (Lipinski definition) is 4. The van der Waals surface area contributed by atoms with E-state index in [-0.39, 0.29) is 12.4 Å². The molecule has 0 aliphatic rings. The van der Waals surface area contributed by atoms with Crippen molar-refractivity contribution in [1.29, 1.82) is 0 Å². The molecule has 2 aromatic carbocycles. The Kier molecular flexibility index (Phi) is 7.25. The van der Waals surface area contributed by atoms with Gasteiger partial charge in [0.1, 0.15) is 11.6 Å². The molecular weight excluding hydrogens is 349 g/mol. The van der Waals surface area contributed by atoms with E-state index in [4.69, 9.17) is 4.74 Å². The summed E-state index contributed by atoms with van der Waals surface area (Å²) in [6.45, 7) is 1.46. The summed E-state index contributed by atoms with van der Waals surface area (Å²) < 4.78 is 18.1. The van der Waals surface area contributed by atoms with Crippen molar-refractivity contribution in [2.45, 2.75) is 6.92 Å². The van der Waals surface area contributed by atoms with E-state index in [1.54, 1.807) is 38.3 Å². The first kappa shape index (κ1) is 19.8. The number of hydrazone groups is 1. The summed E-state index contributed by atoms with van der Waals surface area (Å²) in [5.74, 6) is -0.602. The highest BCUT2D eigenvalue weighted by Crippen LogP contribution is 2.18. The molecule has 7 heteroatoms. The molecule has 0 spiro atoms. The number of nitrogens with one attached hydrogen (secondary N) is 2. The van der Waals surface area contributed by atoms with Crippen LogP contribution < -0.4 is 15.5 Å². The molecule has 27 heavy (non-hydrogen) atoms. The highest BCUT2D eigenvalue weighted by molar-refractivity contribution is 5.99. The summed E-state index contributed by atoms with van der Waals surface area (Å²) in [6, 6.07) is 13.0. The van der Waals surface area contributed by atoms with Crippen molar-refractivity contribution in [1.82, 2.24) is 10.7 Å². The molecule has 0 aliphatic carbocycles. The number of nitrogens with zero attached hydrogens (tertiary/aromatic N) is 1. The number of carbonyl (C=O) groups excluding carboxylic acids is 2. The lowest BCUT2D eigenvalue weighted by atomic mass is 10.1. The molecule has 2 amide bonds. The lowest BCUT2D eigenvalue weighted by molar-refractivity contribution is -0.123. The van der Waals surface area contributed by atoms with Gasteiger partial charge in [0.05, 0.1) is 19.4 Å². The Labute approximate surface area is 156 Å². The molecule has 0 saturated carbocycles. The fraction of sp³-hybridized carbons (Fsp3) is 0.150. The molecular formula is C20H20FN3O3. The van der Waals surface area contributed by atoms with Crippen LogP contribution in [0.25, 0.3) is 6.08 Å². The van der Waals surface area contributed by atoms with Gasteiger partial charge in [0.2, 0.25) is 5.91 Å². The number of rotatable bonds is 7. The number of carbonyl (C=O) groups is 2. The van der Waals surface area contributed by atoms with Crippen LogP contribution in [0.15, 0.2) is 59.7 Å². The molecule has 0 fully saturated rings. The first-order chi connectivity index (χ1) is 13.0. The van der Waals surface area contributed by atoms with E-state index in [2.05, 4.69) is 15.8 Å². The Morgan fingerprint density at radius 2 is 1.85 bits per heavy atom. The number of amides is 2. The average molecular weight is 369 g/mol. The molecule has 140 valence electrons. The smallest absolute Gasteiger partial charge is 0.259 e. The van der Waals surface area contributed by atoms with E-state index < -0.39 is 11.8 Å². The highest BCUT2D eigenvalue weighted by Gasteiger charge is 2.04. The number of methoxy groups -OCH3 is 1. The third-order valence-corrected chi connectivity index (χ3v) is 3.59. The minimum Gasteiger partial charge on any atom is -0.496 e. The Hall–Kier alpha value is -3.48. The molecule has 0 aliphatic heterocycles. The van der Waals surface area contributed by atoms with Crippen LogP contribution in [0.3, 0.4) is 0 Å². The largest absolute Gasteiger partial charge is 0.496 e. The van der Waals surface area contributed by atoms with E-state index in [0.29, 0.717) is 17.0 Å². The summed E-state index contributed by atoms with van der Waals surface area (Å²) in [4.78, 5) is 23.6. The van der Waals surface area contributed by atoms with Gasteiger partial charge < -0.3 is 10.1 Å². The highest BCUT2D eigenvalue weighted by atomic mass is 19.1. The maximum absolute atomic E-state index is 12.9. The molecule has 0 heterocycles. The second-order valence-corrected chi connectivity index (χ2v) is 5.53. The van der Waals surface area contributed by atoms with Gasteiger partial charge in [0.15, 0.2) is 0 Å². The Bertz CT molecular complexity index is 861. The van der Waals surface area contributed by atoms with E-state index in [1.807, 2.05) is 18.2 Å². The minimum atomic E-state index is -0.476. The molecule has 0 saturated heterocycles. The monoisotopic (exact) mass is 369 g/mol. The molecule has 0 bridgehead atoms. The SMILES string of the molecule is COc1ccccc1/C=C/C(=O)NCC(=O)N/N=C(/C)c1ccc(F)cc1. The number of hydrogen-bond donors (Lipinski definition) is 2. The van der Waals surface area contributed by atoms with E-state index in [9.17, 15) is 14.0 Å². The van der Waals surface area contributed by atoms with Gasteiger partial charge in [-0.1, -0.05) is 30.3 Å². The Morgan fingerprint density at radius 3 is 2.56 bits per heavy atom. The number of ether oxygens (including phenoxy) is 1. The third-order valence-electron chi connectivity index (χ3n) is 3.59. The van der Waals surface area contributed by atoms with Gasteiger partial charge in [-0.25, -0.2) is 9.82 Å².